The first-order chi connectivity index (χ1) is 11.6. The highest BCUT2D eigenvalue weighted by Crippen LogP contribution is 2.12. The summed E-state index contributed by atoms with van der Waals surface area (Å²) in [6, 6.07) is 14.3. The van der Waals surface area contributed by atoms with Gasteiger partial charge >= 0.3 is 6.03 Å². The van der Waals surface area contributed by atoms with Crippen LogP contribution in [0.25, 0.3) is 0 Å². The molecule has 0 aliphatic heterocycles. The van der Waals surface area contributed by atoms with Crippen LogP contribution in [0.1, 0.15) is 21.5 Å². The topological polar surface area (TPSA) is 70.2 Å². The molecule has 0 bridgehead atoms. The Bertz CT molecular complexity index is 803. The van der Waals surface area contributed by atoms with Crippen LogP contribution in [0.15, 0.2) is 48.5 Å². The van der Waals surface area contributed by atoms with Crippen molar-refractivity contribution in [3.8, 4) is 11.8 Å². The van der Waals surface area contributed by atoms with E-state index in [9.17, 15) is 9.59 Å². The summed E-state index contributed by atoms with van der Waals surface area (Å²) in [5, 5.41) is 8.01. The van der Waals surface area contributed by atoms with Gasteiger partial charge in [-0.25, -0.2) is 4.79 Å². The minimum atomic E-state index is -0.321. The number of nitrogens with one attached hydrogen (secondary N) is 3. The molecular formula is C19H19N3O2. The van der Waals surface area contributed by atoms with Crippen LogP contribution in [0, 0.1) is 18.8 Å². The number of carbonyl (C=O) groups excluding carboxylic acids is 2. The molecule has 0 aliphatic carbocycles. The molecule has 0 unspecified atom stereocenters. The average Bonchev–Trinajstić information content (AvgIpc) is 2.60. The van der Waals surface area contributed by atoms with Crippen molar-refractivity contribution in [2.24, 2.45) is 0 Å². The lowest BCUT2D eigenvalue weighted by molar-refractivity contribution is 0.0963. The lowest BCUT2D eigenvalue weighted by atomic mass is 10.1. The SMILES string of the molecule is CNC(=O)c1ccccc1C#CCNC(=O)Nc1ccccc1C. The lowest BCUT2D eigenvalue weighted by Crippen LogP contribution is -2.29. The van der Waals surface area contributed by atoms with Gasteiger partial charge in [-0.05, 0) is 30.7 Å². The van der Waals surface area contributed by atoms with E-state index in [0.717, 1.165) is 11.3 Å². The van der Waals surface area contributed by atoms with Gasteiger partial charge < -0.3 is 16.0 Å². The Labute approximate surface area is 141 Å². The normalized spacial score (nSPS) is 9.42. The van der Waals surface area contributed by atoms with Crippen molar-refractivity contribution in [3.05, 3.63) is 65.2 Å². The fraction of sp³-hybridized carbons (Fsp3) is 0.158. The van der Waals surface area contributed by atoms with E-state index in [1.165, 1.54) is 0 Å². The maximum Gasteiger partial charge on any atom is 0.320 e. The van der Waals surface area contributed by atoms with Gasteiger partial charge in [-0.2, -0.15) is 0 Å². The fourth-order valence-electron chi connectivity index (χ4n) is 2.07. The number of urea groups is 1. The van der Waals surface area contributed by atoms with E-state index in [2.05, 4.69) is 27.8 Å². The number of amides is 3. The molecule has 5 heteroatoms. The first-order valence-electron chi connectivity index (χ1n) is 7.52. The number of carbonyl (C=O) groups is 2. The van der Waals surface area contributed by atoms with E-state index >= 15 is 0 Å². The highest BCUT2D eigenvalue weighted by molar-refractivity contribution is 5.96. The fourth-order valence-corrected chi connectivity index (χ4v) is 2.07. The molecule has 0 saturated heterocycles. The second-order valence-corrected chi connectivity index (χ2v) is 5.05. The number of anilines is 1. The van der Waals surface area contributed by atoms with Gasteiger partial charge in [0.1, 0.15) is 0 Å². The molecule has 0 heterocycles. The van der Waals surface area contributed by atoms with Crippen LogP contribution in [-0.2, 0) is 0 Å². The van der Waals surface area contributed by atoms with Gasteiger partial charge in [-0.3, -0.25) is 4.79 Å². The maximum absolute atomic E-state index is 11.8. The first-order valence-corrected chi connectivity index (χ1v) is 7.52. The van der Waals surface area contributed by atoms with Crippen LogP contribution in [-0.4, -0.2) is 25.5 Å². The highest BCUT2D eigenvalue weighted by Gasteiger charge is 2.06. The summed E-state index contributed by atoms with van der Waals surface area (Å²) in [5.74, 6) is 5.57. The minimum absolute atomic E-state index is 0.180. The van der Waals surface area contributed by atoms with Gasteiger partial charge in [0.05, 0.1) is 12.1 Å². The molecule has 0 atom stereocenters. The van der Waals surface area contributed by atoms with Crippen LogP contribution >= 0.6 is 0 Å². The molecular weight excluding hydrogens is 302 g/mol. The van der Waals surface area contributed by atoms with Crippen LogP contribution in [0.4, 0.5) is 10.5 Å². The van der Waals surface area contributed by atoms with Gasteiger partial charge in [0.25, 0.3) is 5.91 Å². The van der Waals surface area contributed by atoms with Gasteiger partial charge in [-0.1, -0.05) is 42.2 Å². The molecule has 122 valence electrons. The van der Waals surface area contributed by atoms with Crippen LogP contribution in [0.5, 0.6) is 0 Å². The van der Waals surface area contributed by atoms with Crippen LogP contribution in [0.2, 0.25) is 0 Å². The van der Waals surface area contributed by atoms with Gasteiger partial charge in [-0.15, -0.1) is 0 Å². The third-order valence-electron chi connectivity index (χ3n) is 3.35. The zero-order chi connectivity index (χ0) is 17.4. The van der Waals surface area contributed by atoms with Crippen molar-refractivity contribution < 1.29 is 9.59 Å². The first kappa shape index (κ1) is 17.1. The summed E-state index contributed by atoms with van der Waals surface area (Å²) < 4.78 is 0. The summed E-state index contributed by atoms with van der Waals surface area (Å²) in [6.45, 7) is 2.10. The molecule has 0 aromatic heterocycles. The van der Waals surface area contributed by atoms with Crippen molar-refractivity contribution in [2.75, 3.05) is 18.9 Å². The zero-order valence-corrected chi connectivity index (χ0v) is 13.6. The standard InChI is InChI=1S/C19H19N3O2/c1-14-8-3-6-12-17(14)22-19(24)21-13-7-10-15-9-4-5-11-16(15)18(23)20-2/h3-6,8-9,11-12H,13H2,1-2H3,(H,20,23)(H2,21,22,24). The second-order valence-electron chi connectivity index (χ2n) is 5.05. The molecule has 0 saturated carbocycles. The Morgan fingerprint density at radius 3 is 2.50 bits per heavy atom. The summed E-state index contributed by atoms with van der Waals surface area (Å²) in [5.41, 5.74) is 2.88. The predicted octanol–water partition coefficient (Wildman–Crippen LogP) is 2.53. The third kappa shape index (κ3) is 4.62. The van der Waals surface area contributed by atoms with E-state index in [1.54, 1.807) is 25.2 Å². The van der Waals surface area contributed by atoms with Gasteiger partial charge in [0.2, 0.25) is 0 Å². The lowest BCUT2D eigenvalue weighted by Gasteiger charge is -2.07. The molecule has 2 aromatic rings. The Morgan fingerprint density at radius 1 is 1.04 bits per heavy atom. The third-order valence-corrected chi connectivity index (χ3v) is 3.35. The highest BCUT2D eigenvalue weighted by atomic mass is 16.2. The Morgan fingerprint density at radius 2 is 1.75 bits per heavy atom. The summed E-state index contributed by atoms with van der Waals surface area (Å²) in [7, 11) is 1.57. The molecule has 0 spiro atoms. The van der Waals surface area contributed by atoms with Crippen molar-refractivity contribution in [1.29, 1.82) is 0 Å². The molecule has 3 amide bonds. The number of hydrogen-bond donors (Lipinski definition) is 3. The van der Waals surface area contributed by atoms with Crippen molar-refractivity contribution in [1.82, 2.24) is 10.6 Å². The van der Waals surface area contributed by atoms with Crippen LogP contribution < -0.4 is 16.0 Å². The number of benzene rings is 2. The molecule has 0 aliphatic rings. The van der Waals surface area contributed by atoms with Gasteiger partial charge in [0.15, 0.2) is 0 Å². The maximum atomic E-state index is 11.8. The zero-order valence-electron chi connectivity index (χ0n) is 13.6. The van der Waals surface area contributed by atoms with Gasteiger partial charge in [0, 0.05) is 18.3 Å². The molecule has 24 heavy (non-hydrogen) atoms. The average molecular weight is 321 g/mol. The molecule has 0 radical (unpaired) electrons. The number of hydrogen-bond acceptors (Lipinski definition) is 2. The summed E-state index contributed by atoms with van der Waals surface area (Å²) in [6.07, 6.45) is 0. The van der Waals surface area contributed by atoms with Crippen molar-refractivity contribution >= 4 is 17.6 Å². The largest absolute Gasteiger partial charge is 0.355 e. The van der Waals surface area contributed by atoms with E-state index in [1.807, 2.05) is 37.3 Å². The predicted molar refractivity (Wildman–Crippen MR) is 94.9 cm³/mol. The quantitative estimate of drug-likeness (QED) is 0.760. The smallest absolute Gasteiger partial charge is 0.320 e. The molecule has 5 nitrogen and oxygen atoms in total. The monoisotopic (exact) mass is 321 g/mol. The Balaban J connectivity index is 1.94. The molecule has 0 fully saturated rings. The Hall–Kier alpha value is -3.26. The number of aryl methyl sites for hydroxylation is 1. The number of para-hydroxylation sites is 1. The van der Waals surface area contributed by atoms with E-state index < -0.39 is 0 Å². The number of rotatable bonds is 3. The van der Waals surface area contributed by atoms with E-state index in [-0.39, 0.29) is 18.5 Å². The molecule has 2 rings (SSSR count). The van der Waals surface area contributed by atoms with Crippen LogP contribution in [0.3, 0.4) is 0 Å². The van der Waals surface area contributed by atoms with Crippen molar-refractivity contribution in [2.45, 2.75) is 6.92 Å². The molecule has 3 N–H and O–H groups in total. The molecule has 2 aromatic carbocycles. The summed E-state index contributed by atoms with van der Waals surface area (Å²) >= 11 is 0. The second kappa shape index (κ2) is 8.39. The Kier molecular flexibility index (Phi) is 5.98. The van der Waals surface area contributed by atoms with E-state index in [0.29, 0.717) is 11.1 Å². The van der Waals surface area contributed by atoms with Crippen molar-refractivity contribution in [3.63, 3.8) is 0 Å². The van der Waals surface area contributed by atoms with E-state index in [4.69, 9.17) is 0 Å². The summed E-state index contributed by atoms with van der Waals surface area (Å²) in [4.78, 5) is 23.6. The minimum Gasteiger partial charge on any atom is -0.355 e.